The van der Waals surface area contributed by atoms with Crippen molar-refractivity contribution in [1.29, 1.82) is 0 Å². The van der Waals surface area contributed by atoms with Gasteiger partial charge in [0, 0.05) is 0 Å². The van der Waals surface area contributed by atoms with Crippen molar-refractivity contribution in [1.82, 2.24) is 0 Å². The van der Waals surface area contributed by atoms with Crippen LogP contribution in [0.1, 0.15) is 0 Å². The molecule has 0 spiro atoms. The van der Waals surface area contributed by atoms with Crippen molar-refractivity contribution in [2.75, 3.05) is 0 Å². The molecule has 1 aromatic carbocycles. The molecule has 0 amide bonds. The Bertz CT molecular complexity index is 355. The molecule has 5 heteroatoms. The van der Waals surface area contributed by atoms with Gasteiger partial charge in [-0.25, -0.2) is 0 Å². The second kappa shape index (κ2) is 3.29. The van der Waals surface area contributed by atoms with E-state index in [1.54, 1.807) is 12.1 Å². The van der Waals surface area contributed by atoms with E-state index in [1.807, 2.05) is 6.82 Å². The van der Waals surface area contributed by atoms with Gasteiger partial charge in [0.15, 0.2) is 7.28 Å². The fraction of sp³-hybridized carbons (Fsp3) is 0.143. The third kappa shape index (κ3) is 2.09. The second-order valence-electron chi connectivity index (χ2n) is 2.47. The largest absolute Gasteiger partial charge is 0.294 e. The lowest BCUT2D eigenvalue weighted by Gasteiger charge is -1.97. The van der Waals surface area contributed by atoms with Gasteiger partial charge in [-0.3, -0.25) is 4.55 Å². The van der Waals surface area contributed by atoms with E-state index in [1.165, 1.54) is 12.1 Å². The van der Waals surface area contributed by atoms with E-state index in [9.17, 15) is 8.42 Å². The first-order chi connectivity index (χ1) is 5.54. The molecule has 1 rings (SSSR count). The smallest absolute Gasteiger partial charge is 0.282 e. The topological polar surface area (TPSA) is 54.4 Å². The number of hydrogen-bond donors (Lipinski definition) is 1. The average Bonchev–Trinajstić information content (AvgIpc) is 2.03. The van der Waals surface area contributed by atoms with Gasteiger partial charge >= 0.3 is 0 Å². The van der Waals surface area contributed by atoms with E-state index in [-0.39, 0.29) is 4.90 Å². The normalized spacial score (nSPS) is 11.2. The van der Waals surface area contributed by atoms with Crippen LogP contribution < -0.4 is 5.46 Å². The molecule has 0 aromatic heterocycles. The second-order valence-corrected chi connectivity index (χ2v) is 3.89. The number of hydrogen-bond acceptors (Lipinski definition) is 2. The quantitative estimate of drug-likeness (QED) is 0.521. The molecule has 64 valence electrons. The fourth-order valence-electron chi connectivity index (χ4n) is 0.897. The summed E-state index contributed by atoms with van der Waals surface area (Å²) >= 11 is 0. The molecule has 1 aromatic rings. The van der Waals surface area contributed by atoms with E-state index in [4.69, 9.17) is 4.55 Å². The molecule has 12 heavy (non-hydrogen) atoms. The first-order valence-corrected chi connectivity index (χ1v) is 5.04. The molecule has 0 fully saturated rings. The summed E-state index contributed by atoms with van der Waals surface area (Å²) in [6.45, 7) is 1.97. The molecule has 1 N–H and O–H groups in total. The zero-order valence-corrected chi connectivity index (χ0v) is 7.50. The van der Waals surface area contributed by atoms with E-state index >= 15 is 0 Å². The van der Waals surface area contributed by atoms with Crippen molar-refractivity contribution in [3.05, 3.63) is 24.3 Å². The molecule has 0 unspecified atom stereocenters. The average molecular weight is 184 g/mol. The Balaban J connectivity index is 3.09. The molecular weight excluding hydrogens is 175 g/mol. The first kappa shape index (κ1) is 9.28. The van der Waals surface area contributed by atoms with Crippen LogP contribution in [0.25, 0.3) is 0 Å². The third-order valence-electron chi connectivity index (χ3n) is 1.63. The van der Waals surface area contributed by atoms with Gasteiger partial charge in [0.2, 0.25) is 0 Å². The maximum Gasteiger partial charge on any atom is 0.294 e. The van der Waals surface area contributed by atoms with Crippen LogP contribution >= 0.6 is 0 Å². The SMILES string of the molecule is CBc1ccc(S(=O)(=O)O)cc1. The minimum absolute atomic E-state index is 0.0558. The Morgan fingerprint density at radius 3 is 2.08 bits per heavy atom. The van der Waals surface area contributed by atoms with Crippen LogP contribution in [-0.2, 0) is 10.1 Å². The minimum atomic E-state index is -4.03. The summed E-state index contributed by atoms with van der Waals surface area (Å²) in [6.07, 6.45) is 0. The summed E-state index contributed by atoms with van der Waals surface area (Å²) < 4.78 is 29.8. The van der Waals surface area contributed by atoms with Crippen LogP contribution in [0.15, 0.2) is 29.2 Å². The molecule has 0 atom stereocenters. The summed E-state index contributed by atoms with van der Waals surface area (Å²) in [4.78, 5) is -0.0558. The Labute approximate surface area is 72.4 Å². The van der Waals surface area contributed by atoms with Gasteiger partial charge in [0.05, 0.1) is 4.90 Å². The Kier molecular flexibility index (Phi) is 2.54. The Morgan fingerprint density at radius 2 is 1.75 bits per heavy atom. The van der Waals surface area contributed by atoms with Gasteiger partial charge in [0.25, 0.3) is 10.1 Å². The van der Waals surface area contributed by atoms with Crippen molar-refractivity contribution in [2.24, 2.45) is 0 Å². The Morgan fingerprint density at radius 1 is 1.25 bits per heavy atom. The molecule has 0 aliphatic heterocycles. The monoisotopic (exact) mass is 184 g/mol. The van der Waals surface area contributed by atoms with Gasteiger partial charge in [-0.2, -0.15) is 8.42 Å². The molecular formula is C7H9BO3S. The molecule has 0 aliphatic rings. The molecule has 0 aliphatic carbocycles. The lowest BCUT2D eigenvalue weighted by molar-refractivity contribution is 0.483. The summed E-state index contributed by atoms with van der Waals surface area (Å²) in [5, 5.41) is 0. The van der Waals surface area contributed by atoms with Crippen LogP contribution in [0.5, 0.6) is 0 Å². The molecule has 0 radical (unpaired) electrons. The molecule has 0 bridgehead atoms. The standard InChI is InChI=1S/C7H9BO3S/c1-8-6-2-4-7(5-3-6)12(9,10)11/h2-5,8H,1H3,(H,9,10,11). The van der Waals surface area contributed by atoms with Gasteiger partial charge in [-0.1, -0.05) is 24.4 Å². The van der Waals surface area contributed by atoms with Crippen molar-refractivity contribution >= 4 is 22.9 Å². The minimum Gasteiger partial charge on any atom is -0.282 e. The molecule has 0 saturated heterocycles. The Hall–Kier alpha value is -0.805. The van der Waals surface area contributed by atoms with Gasteiger partial charge < -0.3 is 0 Å². The van der Waals surface area contributed by atoms with Gasteiger partial charge in [0.1, 0.15) is 0 Å². The van der Waals surface area contributed by atoms with Crippen LogP contribution in [0.2, 0.25) is 6.82 Å². The maximum atomic E-state index is 10.6. The van der Waals surface area contributed by atoms with E-state index in [0.29, 0.717) is 0 Å². The van der Waals surface area contributed by atoms with Crippen molar-refractivity contribution in [2.45, 2.75) is 11.7 Å². The zero-order chi connectivity index (χ0) is 9.19. The highest BCUT2D eigenvalue weighted by molar-refractivity contribution is 7.85. The zero-order valence-electron chi connectivity index (χ0n) is 6.69. The summed E-state index contributed by atoms with van der Waals surface area (Å²) in [6, 6.07) is 6.16. The molecule has 0 heterocycles. The highest BCUT2D eigenvalue weighted by Gasteiger charge is 2.07. The van der Waals surface area contributed by atoms with E-state index in [0.717, 1.165) is 12.7 Å². The lowest BCUT2D eigenvalue weighted by Crippen LogP contribution is -2.10. The van der Waals surface area contributed by atoms with Crippen LogP contribution in [-0.4, -0.2) is 20.3 Å². The van der Waals surface area contributed by atoms with Gasteiger partial charge in [-0.15, -0.1) is 0 Å². The van der Waals surface area contributed by atoms with Crippen LogP contribution in [0, 0.1) is 0 Å². The number of benzene rings is 1. The molecule has 0 saturated carbocycles. The predicted molar refractivity (Wildman–Crippen MR) is 48.9 cm³/mol. The van der Waals surface area contributed by atoms with Crippen molar-refractivity contribution in [3.63, 3.8) is 0 Å². The van der Waals surface area contributed by atoms with Crippen LogP contribution in [0.3, 0.4) is 0 Å². The van der Waals surface area contributed by atoms with Crippen molar-refractivity contribution in [3.8, 4) is 0 Å². The van der Waals surface area contributed by atoms with E-state index in [2.05, 4.69) is 0 Å². The summed E-state index contributed by atoms with van der Waals surface area (Å²) in [5.41, 5.74) is 1.04. The van der Waals surface area contributed by atoms with Crippen molar-refractivity contribution < 1.29 is 13.0 Å². The number of rotatable bonds is 2. The third-order valence-corrected chi connectivity index (χ3v) is 2.50. The highest BCUT2D eigenvalue weighted by Crippen LogP contribution is 2.04. The predicted octanol–water partition coefficient (Wildman–Crippen LogP) is 0.0432. The first-order valence-electron chi connectivity index (χ1n) is 3.60. The maximum absolute atomic E-state index is 10.6. The van der Waals surface area contributed by atoms with Crippen LogP contribution in [0.4, 0.5) is 0 Å². The summed E-state index contributed by atoms with van der Waals surface area (Å²) in [7, 11) is -3.17. The molecule has 3 nitrogen and oxygen atoms in total. The van der Waals surface area contributed by atoms with E-state index < -0.39 is 10.1 Å². The fourth-order valence-corrected chi connectivity index (χ4v) is 1.38. The van der Waals surface area contributed by atoms with Gasteiger partial charge in [-0.05, 0) is 12.1 Å². The lowest BCUT2D eigenvalue weighted by atomic mass is 9.74. The highest BCUT2D eigenvalue weighted by atomic mass is 32.2. The summed E-state index contributed by atoms with van der Waals surface area (Å²) in [5.74, 6) is 0.